The highest BCUT2D eigenvalue weighted by Gasteiger charge is 2.18. The third-order valence-electron chi connectivity index (χ3n) is 5.54. The molecule has 8 heteroatoms. The van der Waals surface area contributed by atoms with E-state index in [2.05, 4.69) is 15.5 Å². The Hall–Kier alpha value is -3.78. The minimum atomic E-state index is -0.154. The van der Waals surface area contributed by atoms with Crippen molar-refractivity contribution < 1.29 is 14.3 Å². The van der Waals surface area contributed by atoms with Gasteiger partial charge in [0.1, 0.15) is 18.1 Å². The van der Waals surface area contributed by atoms with Crippen molar-refractivity contribution in [2.45, 2.75) is 39.5 Å². The van der Waals surface area contributed by atoms with Crippen LogP contribution in [0.5, 0.6) is 11.5 Å². The molecule has 0 bridgehead atoms. The highest BCUT2D eigenvalue weighted by Crippen LogP contribution is 2.27. The summed E-state index contributed by atoms with van der Waals surface area (Å²) >= 11 is 1.32. The molecule has 3 aromatic carbocycles. The maximum absolute atomic E-state index is 12.8. The van der Waals surface area contributed by atoms with Gasteiger partial charge in [-0.15, -0.1) is 10.2 Å². The van der Waals surface area contributed by atoms with Crippen LogP contribution in [0.1, 0.15) is 29.4 Å². The van der Waals surface area contributed by atoms with Crippen LogP contribution in [0, 0.1) is 20.8 Å². The Morgan fingerprint density at radius 1 is 0.917 bits per heavy atom. The summed E-state index contributed by atoms with van der Waals surface area (Å²) in [7, 11) is 0. The minimum absolute atomic E-state index is 0.154. The number of rotatable bonds is 10. The van der Waals surface area contributed by atoms with Gasteiger partial charge in [-0.05, 0) is 63.1 Å². The average Bonchev–Trinajstić information content (AvgIpc) is 3.27. The molecule has 0 radical (unpaired) electrons. The molecule has 186 valence electrons. The predicted molar refractivity (Wildman–Crippen MR) is 143 cm³/mol. The highest BCUT2D eigenvalue weighted by molar-refractivity contribution is 7.99. The van der Waals surface area contributed by atoms with E-state index in [0.717, 1.165) is 28.1 Å². The lowest BCUT2D eigenvalue weighted by atomic mass is 10.1. The molecular formula is C28H30N4O3S. The zero-order valence-corrected chi connectivity index (χ0v) is 21.8. The number of nitrogens with one attached hydrogen (secondary N) is 1. The quantitative estimate of drug-likeness (QED) is 0.272. The molecule has 0 atom stereocenters. The third-order valence-corrected chi connectivity index (χ3v) is 6.47. The van der Waals surface area contributed by atoms with Crippen molar-refractivity contribution in [2.24, 2.45) is 0 Å². The molecule has 1 N–H and O–H groups in total. The van der Waals surface area contributed by atoms with Gasteiger partial charge >= 0.3 is 0 Å². The largest absolute Gasteiger partial charge is 0.492 e. The van der Waals surface area contributed by atoms with E-state index in [-0.39, 0.29) is 18.3 Å². The van der Waals surface area contributed by atoms with E-state index in [4.69, 9.17) is 9.47 Å². The van der Waals surface area contributed by atoms with E-state index in [9.17, 15) is 4.79 Å². The average molecular weight is 503 g/mol. The molecule has 1 heterocycles. The normalized spacial score (nSPS) is 10.8. The van der Waals surface area contributed by atoms with Gasteiger partial charge in [0, 0.05) is 5.69 Å². The molecule has 0 aliphatic carbocycles. The summed E-state index contributed by atoms with van der Waals surface area (Å²) in [5.41, 5.74) is 4.84. The first-order chi connectivity index (χ1) is 17.5. The van der Waals surface area contributed by atoms with Crippen LogP contribution in [0.4, 0.5) is 5.69 Å². The molecule has 0 fully saturated rings. The SMILES string of the molecule is CCOc1ccccc1NC(=O)CSc1nnc(COc2c(C)cccc2C)n1-c1ccc(C)cc1. The summed E-state index contributed by atoms with van der Waals surface area (Å²) in [5, 5.41) is 12.3. The van der Waals surface area contributed by atoms with Crippen LogP contribution < -0.4 is 14.8 Å². The van der Waals surface area contributed by atoms with Crippen LogP contribution >= 0.6 is 11.8 Å². The van der Waals surface area contributed by atoms with Crippen LogP contribution in [0.3, 0.4) is 0 Å². The second-order valence-electron chi connectivity index (χ2n) is 8.35. The van der Waals surface area contributed by atoms with Gasteiger partial charge in [0.2, 0.25) is 5.91 Å². The third kappa shape index (κ3) is 6.07. The number of anilines is 1. The fourth-order valence-corrected chi connectivity index (χ4v) is 4.54. The Labute approximate surface area is 215 Å². The molecule has 0 spiro atoms. The first kappa shape index (κ1) is 25.3. The number of carbonyl (C=O) groups excluding carboxylic acids is 1. The van der Waals surface area contributed by atoms with Gasteiger partial charge < -0.3 is 14.8 Å². The summed E-state index contributed by atoms with van der Waals surface area (Å²) in [6.45, 7) is 8.78. The number of para-hydroxylation sites is 3. The standard InChI is InChI=1S/C28H30N4O3S/c1-5-34-24-12-7-6-11-23(24)29-26(33)18-36-28-31-30-25(32(28)22-15-13-19(2)14-16-22)17-35-27-20(3)9-8-10-21(27)4/h6-16H,5,17-18H2,1-4H3,(H,29,33). The second-order valence-corrected chi connectivity index (χ2v) is 9.29. The van der Waals surface area contributed by atoms with Gasteiger partial charge in [-0.3, -0.25) is 9.36 Å². The lowest BCUT2D eigenvalue weighted by molar-refractivity contribution is -0.113. The lowest BCUT2D eigenvalue weighted by Gasteiger charge is -2.14. The number of aromatic nitrogens is 3. The Balaban J connectivity index is 1.53. The number of benzene rings is 3. The van der Waals surface area contributed by atoms with Crippen molar-refractivity contribution in [3.63, 3.8) is 0 Å². The number of aryl methyl sites for hydroxylation is 3. The van der Waals surface area contributed by atoms with Gasteiger partial charge in [0.05, 0.1) is 18.0 Å². The summed E-state index contributed by atoms with van der Waals surface area (Å²) in [5.74, 6) is 2.16. The molecule has 0 saturated heterocycles. The number of hydrogen-bond donors (Lipinski definition) is 1. The van der Waals surface area contributed by atoms with Gasteiger partial charge in [-0.2, -0.15) is 0 Å². The maximum atomic E-state index is 12.8. The zero-order valence-electron chi connectivity index (χ0n) is 20.9. The molecule has 4 rings (SSSR count). The summed E-state index contributed by atoms with van der Waals surface area (Å²) in [6.07, 6.45) is 0. The summed E-state index contributed by atoms with van der Waals surface area (Å²) in [4.78, 5) is 12.8. The lowest BCUT2D eigenvalue weighted by Crippen LogP contribution is -2.15. The van der Waals surface area contributed by atoms with Crippen LogP contribution in [0.2, 0.25) is 0 Å². The van der Waals surface area contributed by atoms with Crippen molar-refractivity contribution >= 4 is 23.4 Å². The molecule has 0 aliphatic rings. The molecule has 0 aliphatic heterocycles. The fourth-order valence-electron chi connectivity index (χ4n) is 3.77. The Morgan fingerprint density at radius 3 is 2.36 bits per heavy atom. The fraction of sp³-hybridized carbons (Fsp3) is 0.250. The maximum Gasteiger partial charge on any atom is 0.234 e. The molecule has 36 heavy (non-hydrogen) atoms. The molecular weight excluding hydrogens is 472 g/mol. The van der Waals surface area contributed by atoms with Crippen molar-refractivity contribution in [3.8, 4) is 17.2 Å². The van der Waals surface area contributed by atoms with Crippen molar-refractivity contribution in [1.29, 1.82) is 0 Å². The van der Waals surface area contributed by atoms with Crippen molar-refractivity contribution in [2.75, 3.05) is 17.7 Å². The van der Waals surface area contributed by atoms with Gasteiger partial charge in [-0.1, -0.05) is 59.8 Å². The number of carbonyl (C=O) groups is 1. The molecule has 0 saturated carbocycles. The van der Waals surface area contributed by atoms with Crippen LogP contribution in [0.25, 0.3) is 5.69 Å². The molecule has 0 unspecified atom stereocenters. The van der Waals surface area contributed by atoms with Gasteiger partial charge in [0.15, 0.2) is 11.0 Å². The first-order valence-electron chi connectivity index (χ1n) is 11.8. The van der Waals surface area contributed by atoms with E-state index >= 15 is 0 Å². The topological polar surface area (TPSA) is 78.3 Å². The predicted octanol–water partition coefficient (Wildman–Crippen LogP) is 5.90. The Kier molecular flexibility index (Phi) is 8.28. The number of thioether (sulfide) groups is 1. The second kappa shape index (κ2) is 11.8. The van der Waals surface area contributed by atoms with Crippen LogP contribution in [-0.2, 0) is 11.4 Å². The Morgan fingerprint density at radius 2 is 1.64 bits per heavy atom. The number of nitrogens with zero attached hydrogens (tertiary/aromatic N) is 3. The van der Waals surface area contributed by atoms with Crippen LogP contribution in [-0.4, -0.2) is 33.0 Å². The summed E-state index contributed by atoms with van der Waals surface area (Å²) < 4.78 is 13.7. The monoisotopic (exact) mass is 502 g/mol. The molecule has 1 aromatic heterocycles. The van der Waals surface area contributed by atoms with E-state index in [0.29, 0.717) is 29.0 Å². The molecule has 4 aromatic rings. The van der Waals surface area contributed by atoms with Crippen molar-refractivity contribution in [3.05, 3.63) is 89.2 Å². The van der Waals surface area contributed by atoms with Gasteiger partial charge in [0.25, 0.3) is 0 Å². The first-order valence-corrected chi connectivity index (χ1v) is 12.8. The Bertz CT molecular complexity index is 1310. The number of ether oxygens (including phenoxy) is 2. The minimum Gasteiger partial charge on any atom is -0.492 e. The van der Waals surface area contributed by atoms with E-state index < -0.39 is 0 Å². The van der Waals surface area contributed by atoms with E-state index in [1.165, 1.54) is 11.8 Å². The molecule has 1 amide bonds. The van der Waals surface area contributed by atoms with Crippen LogP contribution in [0.15, 0.2) is 71.9 Å². The van der Waals surface area contributed by atoms with Gasteiger partial charge in [-0.25, -0.2) is 0 Å². The van der Waals surface area contributed by atoms with Crippen molar-refractivity contribution in [1.82, 2.24) is 14.8 Å². The number of hydrogen-bond acceptors (Lipinski definition) is 6. The molecule has 7 nitrogen and oxygen atoms in total. The number of amides is 1. The highest BCUT2D eigenvalue weighted by atomic mass is 32.2. The summed E-state index contributed by atoms with van der Waals surface area (Å²) in [6, 6.07) is 21.6. The smallest absolute Gasteiger partial charge is 0.234 e. The van der Waals surface area contributed by atoms with E-state index in [1.807, 2.05) is 99.0 Å². The zero-order chi connectivity index (χ0) is 25.5. The van der Waals surface area contributed by atoms with E-state index in [1.54, 1.807) is 0 Å².